The van der Waals surface area contributed by atoms with E-state index >= 15 is 0 Å². The van der Waals surface area contributed by atoms with Gasteiger partial charge in [-0.1, -0.05) is 68.3 Å². The van der Waals surface area contributed by atoms with Crippen LogP contribution >= 0.6 is 11.8 Å². The zero-order chi connectivity index (χ0) is 28.5. The Labute approximate surface area is 243 Å². The van der Waals surface area contributed by atoms with Gasteiger partial charge in [-0.15, -0.1) is 0 Å². The van der Waals surface area contributed by atoms with E-state index in [1.807, 2.05) is 53.4 Å². The fourth-order valence-corrected chi connectivity index (χ4v) is 7.06. The highest BCUT2D eigenvalue weighted by atomic mass is 32.2. The van der Waals surface area contributed by atoms with Gasteiger partial charge in [0, 0.05) is 46.9 Å². The smallest absolute Gasteiger partial charge is 0.269 e. The van der Waals surface area contributed by atoms with Gasteiger partial charge in [0.25, 0.3) is 11.6 Å². The molecule has 0 bridgehead atoms. The second kappa shape index (κ2) is 11.4. The summed E-state index contributed by atoms with van der Waals surface area (Å²) in [5.41, 5.74) is 5.00. The van der Waals surface area contributed by atoms with Crippen molar-refractivity contribution >= 4 is 51.2 Å². The van der Waals surface area contributed by atoms with Gasteiger partial charge < -0.3 is 4.57 Å². The molecule has 0 spiro atoms. The molecule has 3 aromatic carbocycles. The molecule has 1 aliphatic carbocycles. The highest BCUT2D eigenvalue weighted by molar-refractivity contribution is 8.18. The molecule has 7 nitrogen and oxygen atoms in total. The van der Waals surface area contributed by atoms with E-state index < -0.39 is 0 Å². The SMILES string of the molecule is Cc1c(/C=C2\SC(=Nc3ccccc3)N([C@H]3CCCC[C@H]3C)C2=O)c2ccccc2n1Cc1ccc([N+](=O)[O-])cc1. The van der Waals surface area contributed by atoms with E-state index in [9.17, 15) is 14.9 Å². The number of non-ortho nitro benzene ring substituents is 1. The fourth-order valence-electron chi connectivity index (χ4n) is 6.03. The zero-order valence-corrected chi connectivity index (χ0v) is 24.0. The molecule has 1 saturated carbocycles. The van der Waals surface area contributed by atoms with E-state index in [1.54, 1.807) is 24.3 Å². The van der Waals surface area contributed by atoms with Gasteiger partial charge in [-0.2, -0.15) is 0 Å². The summed E-state index contributed by atoms with van der Waals surface area (Å²) in [7, 11) is 0. The van der Waals surface area contributed by atoms with Crippen molar-refractivity contribution in [3.63, 3.8) is 0 Å². The van der Waals surface area contributed by atoms with Gasteiger partial charge in [-0.25, -0.2) is 4.99 Å². The van der Waals surface area contributed by atoms with Gasteiger partial charge in [0.15, 0.2) is 5.17 Å². The van der Waals surface area contributed by atoms with Crippen molar-refractivity contribution in [2.24, 2.45) is 10.9 Å². The number of nitrogens with zero attached hydrogens (tertiary/aromatic N) is 4. The minimum atomic E-state index is -0.382. The molecule has 1 aromatic heterocycles. The Morgan fingerprint density at radius 2 is 1.71 bits per heavy atom. The summed E-state index contributed by atoms with van der Waals surface area (Å²) < 4.78 is 2.22. The van der Waals surface area contributed by atoms with Crippen molar-refractivity contribution in [1.82, 2.24) is 9.47 Å². The van der Waals surface area contributed by atoms with Crippen LogP contribution in [0.25, 0.3) is 17.0 Å². The molecule has 0 N–H and O–H groups in total. The Morgan fingerprint density at radius 1 is 1.00 bits per heavy atom. The van der Waals surface area contributed by atoms with E-state index in [1.165, 1.54) is 18.2 Å². The number of nitro benzene ring substituents is 1. The predicted octanol–water partition coefficient (Wildman–Crippen LogP) is 8.09. The topological polar surface area (TPSA) is 80.7 Å². The summed E-state index contributed by atoms with van der Waals surface area (Å²) in [4.78, 5) is 32.4. The highest BCUT2D eigenvalue weighted by Gasteiger charge is 2.41. The lowest BCUT2D eigenvalue weighted by molar-refractivity contribution is -0.384. The molecule has 2 heterocycles. The van der Waals surface area contributed by atoms with Crippen LogP contribution in [0, 0.1) is 23.0 Å². The number of carbonyl (C=O) groups excluding carboxylic acids is 1. The Hall–Kier alpha value is -4.17. The first kappa shape index (κ1) is 27.0. The van der Waals surface area contributed by atoms with Crippen LogP contribution in [0.15, 0.2) is 88.8 Å². The van der Waals surface area contributed by atoms with Crippen LogP contribution < -0.4 is 0 Å². The average Bonchev–Trinajstić information content (AvgIpc) is 3.42. The molecule has 208 valence electrons. The van der Waals surface area contributed by atoms with E-state index in [2.05, 4.69) is 30.5 Å². The summed E-state index contributed by atoms with van der Waals surface area (Å²) in [6, 6.07) is 24.9. The predicted molar refractivity (Wildman–Crippen MR) is 166 cm³/mol. The normalized spacial score (nSPS) is 21.3. The van der Waals surface area contributed by atoms with Crippen LogP contribution in [0.2, 0.25) is 0 Å². The fraction of sp³-hybridized carbons (Fsp3) is 0.273. The number of amidine groups is 1. The third kappa shape index (κ3) is 5.32. The van der Waals surface area contributed by atoms with Crippen molar-refractivity contribution in [1.29, 1.82) is 0 Å². The van der Waals surface area contributed by atoms with Crippen LogP contribution in [-0.2, 0) is 11.3 Å². The number of aliphatic imine (C=N–C) groups is 1. The first-order valence-electron chi connectivity index (χ1n) is 14.1. The van der Waals surface area contributed by atoms with Crippen molar-refractivity contribution in [3.8, 4) is 0 Å². The van der Waals surface area contributed by atoms with Crippen LogP contribution in [0.4, 0.5) is 11.4 Å². The van der Waals surface area contributed by atoms with E-state index in [-0.39, 0.29) is 22.6 Å². The molecule has 1 amide bonds. The molecule has 6 rings (SSSR count). The third-order valence-corrected chi connectivity index (χ3v) is 9.24. The maximum Gasteiger partial charge on any atom is 0.269 e. The maximum absolute atomic E-state index is 14.1. The Balaban J connectivity index is 1.40. The third-order valence-electron chi connectivity index (χ3n) is 8.26. The number of carbonyl (C=O) groups is 1. The number of para-hydroxylation sites is 2. The molecule has 2 atom stereocenters. The molecular formula is C33H32N4O3S. The van der Waals surface area contributed by atoms with Gasteiger partial charge in [0.2, 0.25) is 0 Å². The van der Waals surface area contributed by atoms with Crippen LogP contribution in [0.5, 0.6) is 0 Å². The number of hydrogen-bond acceptors (Lipinski definition) is 5. The van der Waals surface area contributed by atoms with E-state index in [0.29, 0.717) is 17.4 Å². The van der Waals surface area contributed by atoms with Gasteiger partial charge in [-0.3, -0.25) is 19.8 Å². The Bertz CT molecular complexity index is 1670. The van der Waals surface area contributed by atoms with Crippen molar-refractivity contribution in [3.05, 3.63) is 111 Å². The Kier molecular flexibility index (Phi) is 7.49. The number of benzene rings is 3. The second-order valence-electron chi connectivity index (χ2n) is 10.9. The van der Waals surface area contributed by atoms with Crippen LogP contribution in [0.1, 0.15) is 49.4 Å². The van der Waals surface area contributed by atoms with Gasteiger partial charge in [-0.05, 0) is 67.3 Å². The van der Waals surface area contributed by atoms with Gasteiger partial charge in [0.05, 0.1) is 15.5 Å². The molecular weight excluding hydrogens is 532 g/mol. The van der Waals surface area contributed by atoms with E-state index in [0.717, 1.165) is 57.8 Å². The molecule has 4 aromatic rings. The summed E-state index contributed by atoms with van der Waals surface area (Å²) in [6.45, 7) is 4.89. The van der Waals surface area contributed by atoms with Crippen molar-refractivity contribution in [2.45, 2.75) is 52.1 Å². The molecule has 0 radical (unpaired) electrons. The zero-order valence-electron chi connectivity index (χ0n) is 23.2. The van der Waals surface area contributed by atoms with Gasteiger partial charge >= 0.3 is 0 Å². The lowest BCUT2D eigenvalue weighted by Crippen LogP contribution is -2.44. The Morgan fingerprint density at radius 3 is 2.44 bits per heavy atom. The molecule has 41 heavy (non-hydrogen) atoms. The molecule has 0 unspecified atom stereocenters. The number of aromatic nitrogens is 1. The molecule has 1 saturated heterocycles. The van der Waals surface area contributed by atoms with E-state index in [4.69, 9.17) is 4.99 Å². The summed E-state index contributed by atoms with van der Waals surface area (Å²) in [5, 5.41) is 12.9. The first-order chi connectivity index (χ1) is 19.9. The highest BCUT2D eigenvalue weighted by Crippen LogP contribution is 2.41. The minimum Gasteiger partial charge on any atom is -0.340 e. The number of fused-ring (bicyclic) bond motifs is 1. The number of thioether (sulfide) groups is 1. The standard InChI is InChI=1S/C33H32N4O3S/c1-22-10-6-8-14-29(22)36-32(38)31(41-33(36)34-25-11-4-3-5-12-25)20-28-23(2)35(30-15-9-7-13-27(28)30)21-24-16-18-26(19-17-24)37(39)40/h3-5,7,9,11-13,15-20,22,29H,6,8,10,14,21H2,1-2H3/b31-20-,34-33?/t22-,29+/m1/s1. The van der Waals surface area contributed by atoms with Gasteiger partial charge in [0.1, 0.15) is 0 Å². The first-order valence-corrected chi connectivity index (χ1v) is 14.9. The number of nitro groups is 1. The van der Waals surface area contributed by atoms with Crippen LogP contribution in [0.3, 0.4) is 0 Å². The minimum absolute atomic E-state index is 0.0232. The van der Waals surface area contributed by atoms with Crippen molar-refractivity contribution < 1.29 is 9.72 Å². The molecule has 1 aliphatic heterocycles. The summed E-state index contributed by atoms with van der Waals surface area (Å²) >= 11 is 1.46. The van der Waals surface area contributed by atoms with Crippen LogP contribution in [-0.4, -0.2) is 31.5 Å². The molecule has 2 aliphatic rings. The number of amides is 1. The maximum atomic E-state index is 14.1. The average molecular weight is 565 g/mol. The largest absolute Gasteiger partial charge is 0.340 e. The second-order valence-corrected chi connectivity index (χ2v) is 11.9. The lowest BCUT2D eigenvalue weighted by atomic mass is 9.85. The number of hydrogen-bond donors (Lipinski definition) is 0. The molecule has 2 fully saturated rings. The van der Waals surface area contributed by atoms with Crippen molar-refractivity contribution in [2.75, 3.05) is 0 Å². The monoisotopic (exact) mass is 564 g/mol. The number of rotatable bonds is 6. The quantitative estimate of drug-likeness (QED) is 0.135. The summed E-state index contributed by atoms with van der Waals surface area (Å²) in [6.07, 6.45) is 6.46. The molecule has 8 heteroatoms. The lowest BCUT2D eigenvalue weighted by Gasteiger charge is -2.35. The summed E-state index contributed by atoms with van der Waals surface area (Å²) in [5.74, 6) is 0.439.